The van der Waals surface area contributed by atoms with Gasteiger partial charge in [0, 0.05) is 18.9 Å². The van der Waals surface area contributed by atoms with Crippen molar-refractivity contribution in [2.24, 2.45) is 0 Å². The highest BCUT2D eigenvalue weighted by atomic mass is 32.2. The molecule has 0 aliphatic carbocycles. The molecule has 138 valence electrons. The van der Waals surface area contributed by atoms with Crippen LogP contribution in [0.2, 0.25) is 0 Å². The van der Waals surface area contributed by atoms with E-state index in [9.17, 15) is 8.42 Å². The molecule has 0 aliphatic rings. The first-order valence-corrected chi connectivity index (χ1v) is 9.64. The smallest absolute Gasteiger partial charge is 0.262 e. The molecule has 0 amide bonds. The lowest BCUT2D eigenvalue weighted by atomic mass is 10.1. The SMILES string of the molecule is Cc1nc(-c2ccc(S(=O)(=O)NOCCCc3ccco3)cc2)c(C)o1. The summed E-state index contributed by atoms with van der Waals surface area (Å²) in [5, 5.41) is 0. The number of nitrogens with one attached hydrogen (secondary N) is 1. The van der Waals surface area contributed by atoms with Crippen molar-refractivity contribution in [1.29, 1.82) is 0 Å². The number of benzene rings is 1. The number of hydrogen-bond acceptors (Lipinski definition) is 6. The van der Waals surface area contributed by atoms with Gasteiger partial charge in [0.25, 0.3) is 10.0 Å². The highest BCUT2D eigenvalue weighted by Gasteiger charge is 2.15. The summed E-state index contributed by atoms with van der Waals surface area (Å²) in [7, 11) is -3.74. The van der Waals surface area contributed by atoms with Crippen molar-refractivity contribution in [3.63, 3.8) is 0 Å². The summed E-state index contributed by atoms with van der Waals surface area (Å²) in [4.78, 5) is 11.6. The van der Waals surface area contributed by atoms with Crippen LogP contribution in [0.15, 0.2) is 56.4 Å². The molecule has 0 unspecified atom stereocenters. The highest BCUT2D eigenvalue weighted by molar-refractivity contribution is 7.89. The van der Waals surface area contributed by atoms with Crippen LogP contribution in [-0.4, -0.2) is 20.0 Å². The van der Waals surface area contributed by atoms with Crippen LogP contribution in [0, 0.1) is 13.8 Å². The lowest BCUT2D eigenvalue weighted by Gasteiger charge is -2.07. The predicted molar refractivity (Wildman–Crippen MR) is 94.7 cm³/mol. The maximum atomic E-state index is 12.3. The van der Waals surface area contributed by atoms with Gasteiger partial charge in [0.05, 0.1) is 17.8 Å². The lowest BCUT2D eigenvalue weighted by molar-refractivity contribution is 0.0905. The first-order chi connectivity index (χ1) is 12.5. The van der Waals surface area contributed by atoms with Gasteiger partial charge in [0.1, 0.15) is 17.2 Å². The molecule has 0 atom stereocenters. The van der Waals surface area contributed by atoms with Crippen molar-refractivity contribution in [3.8, 4) is 11.3 Å². The first-order valence-electron chi connectivity index (χ1n) is 8.16. The summed E-state index contributed by atoms with van der Waals surface area (Å²) in [6, 6.07) is 10.1. The summed E-state index contributed by atoms with van der Waals surface area (Å²) in [6.45, 7) is 3.83. The molecule has 2 aromatic heterocycles. The molecule has 0 fully saturated rings. The molecular weight excluding hydrogens is 356 g/mol. The van der Waals surface area contributed by atoms with Crippen molar-refractivity contribution in [1.82, 2.24) is 9.87 Å². The van der Waals surface area contributed by atoms with Gasteiger partial charge in [-0.25, -0.2) is 13.4 Å². The molecule has 26 heavy (non-hydrogen) atoms. The van der Waals surface area contributed by atoms with E-state index >= 15 is 0 Å². The molecular formula is C18H20N2O5S. The van der Waals surface area contributed by atoms with Crippen LogP contribution >= 0.6 is 0 Å². The zero-order chi connectivity index (χ0) is 18.6. The molecule has 3 aromatic rings. The second kappa shape index (κ2) is 7.86. The minimum Gasteiger partial charge on any atom is -0.469 e. The Hall–Kier alpha value is -2.42. The monoisotopic (exact) mass is 376 g/mol. The average Bonchev–Trinajstić information content (AvgIpc) is 3.24. The molecule has 0 radical (unpaired) electrons. The zero-order valence-electron chi connectivity index (χ0n) is 14.6. The maximum Gasteiger partial charge on any atom is 0.262 e. The molecule has 0 bridgehead atoms. The van der Waals surface area contributed by atoms with E-state index in [-0.39, 0.29) is 11.5 Å². The van der Waals surface area contributed by atoms with Crippen LogP contribution < -0.4 is 4.89 Å². The molecule has 0 spiro atoms. The summed E-state index contributed by atoms with van der Waals surface area (Å²) in [5.74, 6) is 2.10. The van der Waals surface area contributed by atoms with Crippen LogP contribution in [0.3, 0.4) is 0 Å². The van der Waals surface area contributed by atoms with Gasteiger partial charge in [-0.1, -0.05) is 17.0 Å². The van der Waals surface area contributed by atoms with Crippen molar-refractivity contribution >= 4 is 10.0 Å². The van der Waals surface area contributed by atoms with Gasteiger partial charge in [0.2, 0.25) is 0 Å². The van der Waals surface area contributed by atoms with Gasteiger partial charge in [-0.2, -0.15) is 0 Å². The van der Waals surface area contributed by atoms with Crippen LogP contribution in [0.4, 0.5) is 0 Å². The zero-order valence-corrected chi connectivity index (χ0v) is 15.4. The Morgan fingerprint density at radius 3 is 2.54 bits per heavy atom. The predicted octanol–water partition coefficient (Wildman–Crippen LogP) is 3.39. The van der Waals surface area contributed by atoms with Gasteiger partial charge < -0.3 is 8.83 Å². The second-order valence-electron chi connectivity index (χ2n) is 5.78. The fourth-order valence-corrected chi connectivity index (χ4v) is 3.36. The molecule has 0 aliphatic heterocycles. The van der Waals surface area contributed by atoms with E-state index in [1.165, 1.54) is 12.1 Å². The minimum absolute atomic E-state index is 0.116. The number of sulfonamides is 1. The van der Waals surface area contributed by atoms with Crippen molar-refractivity contribution < 1.29 is 22.1 Å². The fourth-order valence-electron chi connectivity index (χ4n) is 2.53. The third-order valence-corrected chi connectivity index (χ3v) is 4.99. The number of aryl methyl sites for hydroxylation is 3. The van der Waals surface area contributed by atoms with Crippen LogP contribution in [0.1, 0.15) is 23.8 Å². The van der Waals surface area contributed by atoms with Gasteiger partial charge >= 0.3 is 0 Å². The van der Waals surface area contributed by atoms with Crippen molar-refractivity contribution in [2.45, 2.75) is 31.6 Å². The molecule has 2 heterocycles. The Labute approximate surface area is 152 Å². The average molecular weight is 376 g/mol. The van der Waals surface area contributed by atoms with Crippen LogP contribution in [-0.2, 0) is 21.3 Å². The van der Waals surface area contributed by atoms with E-state index in [1.54, 1.807) is 25.3 Å². The van der Waals surface area contributed by atoms with Gasteiger partial charge in [-0.05, 0) is 37.6 Å². The largest absolute Gasteiger partial charge is 0.469 e. The summed E-state index contributed by atoms with van der Waals surface area (Å²) >= 11 is 0. The topological polar surface area (TPSA) is 94.6 Å². The third-order valence-electron chi connectivity index (χ3n) is 3.76. The van der Waals surface area contributed by atoms with E-state index in [0.717, 1.165) is 11.3 Å². The Morgan fingerprint density at radius 2 is 1.92 bits per heavy atom. The molecule has 1 N–H and O–H groups in total. The first kappa shape index (κ1) is 18.4. The molecule has 8 heteroatoms. The van der Waals surface area contributed by atoms with E-state index in [2.05, 4.69) is 9.87 Å². The number of hydrogen-bond donors (Lipinski definition) is 1. The fraction of sp³-hybridized carbons (Fsp3) is 0.278. The standard InChI is InChI=1S/C18H20N2O5S/c1-13-18(19-14(2)25-13)15-7-9-17(10-8-15)26(21,22)20-24-12-4-6-16-5-3-11-23-16/h3,5,7-11,20H,4,6,12H2,1-2H3. The Balaban J connectivity index is 1.56. The number of aromatic nitrogens is 1. The quantitative estimate of drug-likeness (QED) is 0.478. The van der Waals surface area contributed by atoms with Crippen molar-refractivity contribution in [3.05, 3.63) is 60.1 Å². The number of nitrogens with zero attached hydrogens (tertiary/aromatic N) is 1. The third kappa shape index (κ3) is 4.40. The van der Waals surface area contributed by atoms with Gasteiger partial charge in [-0.3, -0.25) is 4.84 Å². The Bertz CT molecular complexity index is 944. The van der Waals surface area contributed by atoms with Crippen LogP contribution in [0.25, 0.3) is 11.3 Å². The second-order valence-corrected chi connectivity index (χ2v) is 7.43. The molecule has 0 saturated carbocycles. The van der Waals surface area contributed by atoms with E-state index in [0.29, 0.717) is 30.2 Å². The highest BCUT2D eigenvalue weighted by Crippen LogP contribution is 2.24. The van der Waals surface area contributed by atoms with E-state index in [4.69, 9.17) is 13.7 Å². The van der Waals surface area contributed by atoms with E-state index < -0.39 is 10.0 Å². The van der Waals surface area contributed by atoms with E-state index in [1.807, 2.05) is 19.1 Å². The summed E-state index contributed by atoms with van der Waals surface area (Å²) < 4.78 is 35.1. The normalized spacial score (nSPS) is 11.8. The molecule has 7 nitrogen and oxygen atoms in total. The van der Waals surface area contributed by atoms with Gasteiger partial charge in [0.15, 0.2) is 5.89 Å². The molecule has 1 aromatic carbocycles. The van der Waals surface area contributed by atoms with Gasteiger partial charge in [-0.15, -0.1) is 0 Å². The Morgan fingerprint density at radius 1 is 1.15 bits per heavy atom. The molecule has 0 saturated heterocycles. The lowest BCUT2D eigenvalue weighted by Crippen LogP contribution is -2.24. The van der Waals surface area contributed by atoms with Crippen LogP contribution in [0.5, 0.6) is 0 Å². The summed E-state index contributed by atoms with van der Waals surface area (Å²) in [5.41, 5.74) is 1.49. The number of furan rings is 1. The minimum atomic E-state index is -3.74. The summed E-state index contributed by atoms with van der Waals surface area (Å²) in [6.07, 6.45) is 2.92. The number of oxazole rings is 1. The van der Waals surface area contributed by atoms with Crippen molar-refractivity contribution in [2.75, 3.05) is 6.61 Å². The number of rotatable bonds is 8. The maximum absolute atomic E-state index is 12.3. The Kier molecular flexibility index (Phi) is 5.55. The molecule has 3 rings (SSSR count).